The topological polar surface area (TPSA) is 49.4 Å². The van der Waals surface area contributed by atoms with Gasteiger partial charge in [0.1, 0.15) is 0 Å². The Morgan fingerprint density at radius 3 is 2.73 bits per heavy atom. The first-order valence-corrected chi connectivity index (χ1v) is 9.00. The fourth-order valence-electron chi connectivity index (χ4n) is 2.92. The number of hydrogen-bond donors (Lipinski definition) is 1. The normalized spacial score (nSPS) is 21.7. The molecule has 3 rings (SSSR count). The number of carbonyl (C=O) groups excluding carboxylic acids is 2. The third kappa shape index (κ3) is 3.51. The Bertz CT molecular complexity index is 558. The van der Waals surface area contributed by atoms with E-state index in [2.05, 4.69) is 5.32 Å². The van der Waals surface area contributed by atoms with Crippen molar-refractivity contribution in [1.82, 2.24) is 10.2 Å². The van der Waals surface area contributed by atoms with E-state index in [1.54, 1.807) is 11.3 Å². The summed E-state index contributed by atoms with van der Waals surface area (Å²) in [5.41, 5.74) is 1.17. The predicted molar refractivity (Wildman–Crippen MR) is 88.2 cm³/mol. The summed E-state index contributed by atoms with van der Waals surface area (Å²) in [6, 6.07) is 1.97. The van der Waals surface area contributed by atoms with Crippen molar-refractivity contribution in [2.45, 2.75) is 39.5 Å². The first-order valence-electron chi connectivity index (χ1n) is 8.18. The molecule has 22 heavy (non-hydrogen) atoms. The van der Waals surface area contributed by atoms with Gasteiger partial charge in [-0.1, -0.05) is 0 Å². The van der Waals surface area contributed by atoms with Gasteiger partial charge >= 0.3 is 0 Å². The average Bonchev–Trinajstić information content (AvgIpc) is 3.29. The smallest absolute Gasteiger partial charge is 0.263 e. The molecule has 2 fully saturated rings. The van der Waals surface area contributed by atoms with Crippen molar-refractivity contribution in [3.8, 4) is 0 Å². The Hall–Kier alpha value is -1.36. The Labute approximate surface area is 135 Å². The van der Waals surface area contributed by atoms with Gasteiger partial charge in [0.15, 0.2) is 0 Å². The van der Waals surface area contributed by atoms with Gasteiger partial charge in [-0.3, -0.25) is 9.59 Å². The zero-order chi connectivity index (χ0) is 15.7. The summed E-state index contributed by atoms with van der Waals surface area (Å²) in [7, 11) is 0. The number of nitrogens with zero attached hydrogens (tertiary/aromatic N) is 1. The highest BCUT2D eigenvalue weighted by molar-refractivity contribution is 7.14. The first kappa shape index (κ1) is 15.5. The van der Waals surface area contributed by atoms with E-state index in [0.717, 1.165) is 30.8 Å². The van der Waals surface area contributed by atoms with Crippen LogP contribution in [0.15, 0.2) is 6.07 Å². The quantitative estimate of drug-likeness (QED) is 0.927. The van der Waals surface area contributed by atoms with Gasteiger partial charge in [-0.25, -0.2) is 0 Å². The van der Waals surface area contributed by atoms with E-state index in [-0.39, 0.29) is 17.7 Å². The maximum absolute atomic E-state index is 12.6. The molecular formula is C17H24N2O2S. The minimum atomic E-state index is -0.0430. The van der Waals surface area contributed by atoms with Crippen LogP contribution in [-0.4, -0.2) is 36.3 Å². The molecule has 0 bridgehead atoms. The van der Waals surface area contributed by atoms with Gasteiger partial charge in [-0.2, -0.15) is 0 Å². The minimum absolute atomic E-state index is 0.0430. The maximum Gasteiger partial charge on any atom is 0.263 e. The lowest BCUT2D eigenvalue weighted by molar-refractivity contribution is -0.126. The van der Waals surface area contributed by atoms with Crippen LogP contribution >= 0.6 is 11.3 Å². The monoisotopic (exact) mass is 320 g/mol. The Kier molecular flexibility index (Phi) is 4.52. The highest BCUT2D eigenvalue weighted by atomic mass is 32.1. The molecule has 1 aliphatic heterocycles. The van der Waals surface area contributed by atoms with Gasteiger partial charge in [0.05, 0.1) is 10.8 Å². The van der Waals surface area contributed by atoms with Crippen molar-refractivity contribution >= 4 is 23.2 Å². The summed E-state index contributed by atoms with van der Waals surface area (Å²) in [5.74, 6) is 0.866. The Morgan fingerprint density at radius 2 is 2.09 bits per heavy atom. The molecule has 2 heterocycles. The summed E-state index contributed by atoms with van der Waals surface area (Å²) < 4.78 is 0. The zero-order valence-corrected chi connectivity index (χ0v) is 14.2. The van der Waals surface area contributed by atoms with Crippen LogP contribution in [0.25, 0.3) is 0 Å². The molecule has 0 radical (unpaired) electrons. The number of nitrogens with one attached hydrogen (secondary N) is 1. The van der Waals surface area contributed by atoms with E-state index in [1.807, 2.05) is 24.8 Å². The Balaban J connectivity index is 1.59. The second-order valence-electron chi connectivity index (χ2n) is 6.63. The Morgan fingerprint density at radius 1 is 1.32 bits per heavy atom. The lowest BCUT2D eigenvalue weighted by Gasteiger charge is -2.31. The molecule has 1 N–H and O–H groups in total. The van der Waals surface area contributed by atoms with E-state index in [9.17, 15) is 9.59 Å². The highest BCUT2D eigenvalue weighted by Gasteiger charge is 2.30. The summed E-state index contributed by atoms with van der Waals surface area (Å²) >= 11 is 1.56. The van der Waals surface area contributed by atoms with Gasteiger partial charge in [0.2, 0.25) is 5.91 Å². The standard InChI is InChI=1S/C17H24N2O2S/c1-11-8-15(22-12(11)2)17(21)19-7-3-4-14(10-19)16(20)18-9-13-5-6-13/h8,13-14H,3-7,9-10H2,1-2H3,(H,18,20). The van der Waals surface area contributed by atoms with Crippen LogP contribution in [0, 0.1) is 25.7 Å². The van der Waals surface area contributed by atoms with Gasteiger partial charge in [0.25, 0.3) is 5.91 Å². The summed E-state index contributed by atoms with van der Waals surface area (Å²) in [6.07, 6.45) is 4.29. The fraction of sp³-hybridized carbons (Fsp3) is 0.647. The molecule has 1 aromatic heterocycles. The molecule has 1 aromatic rings. The molecular weight excluding hydrogens is 296 g/mol. The summed E-state index contributed by atoms with van der Waals surface area (Å²) in [6.45, 7) is 6.22. The van der Waals surface area contributed by atoms with Gasteiger partial charge in [-0.05, 0) is 57.1 Å². The second kappa shape index (κ2) is 6.41. The number of hydrogen-bond acceptors (Lipinski definition) is 3. The molecule has 2 amide bonds. The van der Waals surface area contributed by atoms with E-state index in [0.29, 0.717) is 12.5 Å². The molecule has 0 aromatic carbocycles. The van der Waals surface area contributed by atoms with Crippen molar-refractivity contribution in [2.75, 3.05) is 19.6 Å². The number of thiophene rings is 1. The van der Waals surface area contributed by atoms with E-state index >= 15 is 0 Å². The van der Waals surface area contributed by atoms with Crippen LogP contribution in [0.2, 0.25) is 0 Å². The van der Waals surface area contributed by atoms with Crippen molar-refractivity contribution in [1.29, 1.82) is 0 Å². The van der Waals surface area contributed by atoms with Crippen molar-refractivity contribution in [3.05, 3.63) is 21.4 Å². The molecule has 120 valence electrons. The maximum atomic E-state index is 12.6. The van der Waals surface area contributed by atoms with Gasteiger partial charge < -0.3 is 10.2 Å². The summed E-state index contributed by atoms with van der Waals surface area (Å²) in [5, 5.41) is 3.05. The van der Waals surface area contributed by atoms with E-state index in [4.69, 9.17) is 0 Å². The van der Waals surface area contributed by atoms with Crippen LogP contribution in [0.3, 0.4) is 0 Å². The van der Waals surface area contributed by atoms with Crippen molar-refractivity contribution < 1.29 is 9.59 Å². The number of aryl methyl sites for hydroxylation is 2. The number of likely N-dealkylation sites (tertiary alicyclic amines) is 1. The fourth-order valence-corrected chi connectivity index (χ4v) is 3.92. The largest absolute Gasteiger partial charge is 0.356 e. The van der Waals surface area contributed by atoms with E-state index in [1.165, 1.54) is 23.3 Å². The lowest BCUT2D eigenvalue weighted by Crippen LogP contribution is -2.45. The average molecular weight is 320 g/mol. The molecule has 1 unspecified atom stereocenters. The number of rotatable bonds is 4. The molecule has 1 atom stereocenters. The third-order valence-electron chi connectivity index (χ3n) is 4.72. The van der Waals surface area contributed by atoms with Crippen LogP contribution in [-0.2, 0) is 4.79 Å². The summed E-state index contributed by atoms with van der Waals surface area (Å²) in [4.78, 5) is 28.7. The number of amides is 2. The van der Waals surface area contributed by atoms with Crippen LogP contribution in [0.5, 0.6) is 0 Å². The van der Waals surface area contributed by atoms with Crippen LogP contribution in [0.1, 0.15) is 45.8 Å². The molecule has 0 spiro atoms. The second-order valence-corrected chi connectivity index (χ2v) is 7.89. The van der Waals surface area contributed by atoms with Crippen molar-refractivity contribution in [2.24, 2.45) is 11.8 Å². The van der Waals surface area contributed by atoms with Crippen molar-refractivity contribution in [3.63, 3.8) is 0 Å². The van der Waals surface area contributed by atoms with Gasteiger partial charge in [-0.15, -0.1) is 11.3 Å². The molecule has 1 aliphatic carbocycles. The molecule has 1 saturated heterocycles. The SMILES string of the molecule is Cc1cc(C(=O)N2CCCC(C(=O)NCC3CC3)C2)sc1C. The predicted octanol–water partition coefficient (Wildman–Crippen LogP) is 2.74. The molecule has 1 saturated carbocycles. The highest BCUT2D eigenvalue weighted by Crippen LogP contribution is 2.28. The van der Waals surface area contributed by atoms with E-state index < -0.39 is 0 Å². The molecule has 5 heteroatoms. The number of piperidine rings is 1. The molecule has 2 aliphatic rings. The lowest BCUT2D eigenvalue weighted by atomic mass is 9.97. The minimum Gasteiger partial charge on any atom is -0.356 e. The number of carbonyl (C=O) groups is 2. The third-order valence-corrected chi connectivity index (χ3v) is 5.86. The molecule has 4 nitrogen and oxygen atoms in total. The zero-order valence-electron chi connectivity index (χ0n) is 13.4. The van der Waals surface area contributed by atoms with Crippen LogP contribution in [0.4, 0.5) is 0 Å². The first-order chi connectivity index (χ1) is 10.5. The van der Waals surface area contributed by atoms with Crippen LogP contribution < -0.4 is 5.32 Å². The van der Waals surface area contributed by atoms with Gasteiger partial charge in [0, 0.05) is 24.5 Å².